The summed E-state index contributed by atoms with van der Waals surface area (Å²) in [5, 5.41) is 21.0. The Bertz CT molecular complexity index is 1550. The van der Waals surface area contributed by atoms with Gasteiger partial charge in [0.05, 0.1) is 34.3 Å². The van der Waals surface area contributed by atoms with Crippen molar-refractivity contribution in [2.45, 2.75) is 19.4 Å². The van der Waals surface area contributed by atoms with Gasteiger partial charge in [0.1, 0.15) is 5.01 Å². The quantitative estimate of drug-likeness (QED) is 0.473. The topological polar surface area (TPSA) is 132 Å². The smallest absolute Gasteiger partial charge is 0.307 e. The highest BCUT2D eigenvalue weighted by molar-refractivity contribution is 7.10. The first-order valence-corrected chi connectivity index (χ1v) is 10.5. The second kappa shape index (κ2) is 8.42. The molecule has 0 bridgehead atoms. The molecular weight excluding hydrogens is 426 g/mol. The van der Waals surface area contributed by atoms with Crippen molar-refractivity contribution in [1.82, 2.24) is 14.5 Å². The summed E-state index contributed by atoms with van der Waals surface area (Å²) in [5.74, 6) is -1.61. The predicted molar refractivity (Wildman–Crippen MR) is 119 cm³/mol. The summed E-state index contributed by atoms with van der Waals surface area (Å²) in [6, 6.07) is 15.3. The minimum atomic E-state index is -1.13. The number of hydrogen-bond acceptors (Lipinski definition) is 7. The first kappa shape index (κ1) is 20.9. The van der Waals surface area contributed by atoms with Crippen LogP contribution in [-0.2, 0) is 6.54 Å². The minimum absolute atomic E-state index is 0.198. The van der Waals surface area contributed by atoms with Gasteiger partial charge in [-0.05, 0) is 31.2 Å². The Morgan fingerprint density at radius 3 is 2.59 bits per heavy atom. The fraction of sp³-hybridized carbons (Fsp3) is 0.130. The van der Waals surface area contributed by atoms with Gasteiger partial charge in [-0.15, -0.1) is 11.3 Å². The number of H-pyrrole nitrogens is 1. The molecule has 0 amide bonds. The van der Waals surface area contributed by atoms with Crippen molar-refractivity contribution in [1.29, 1.82) is 10.5 Å². The lowest BCUT2D eigenvalue weighted by Gasteiger charge is -2.08. The van der Waals surface area contributed by atoms with Crippen LogP contribution in [0, 0.1) is 22.7 Å². The van der Waals surface area contributed by atoms with E-state index < -0.39 is 23.0 Å². The van der Waals surface area contributed by atoms with Gasteiger partial charge in [-0.3, -0.25) is 14.2 Å². The van der Waals surface area contributed by atoms with Crippen LogP contribution >= 0.6 is 11.3 Å². The zero-order chi connectivity index (χ0) is 22.8. The predicted octanol–water partition coefficient (Wildman–Crippen LogP) is 3.19. The van der Waals surface area contributed by atoms with Gasteiger partial charge in [-0.2, -0.15) is 10.5 Å². The number of aromatic nitrogens is 3. The van der Waals surface area contributed by atoms with E-state index in [-0.39, 0.29) is 23.0 Å². The molecule has 0 radical (unpaired) electrons. The highest BCUT2D eigenvalue weighted by Gasteiger charge is 2.26. The molecule has 0 saturated carbocycles. The van der Waals surface area contributed by atoms with Gasteiger partial charge >= 0.3 is 5.69 Å². The third-order valence-electron chi connectivity index (χ3n) is 5.05. The van der Waals surface area contributed by atoms with Crippen LogP contribution < -0.4 is 11.2 Å². The van der Waals surface area contributed by atoms with Crippen molar-refractivity contribution in [2.24, 2.45) is 0 Å². The fourth-order valence-electron chi connectivity index (χ4n) is 3.36. The van der Waals surface area contributed by atoms with Crippen LogP contribution in [0.1, 0.15) is 33.8 Å². The largest absolute Gasteiger partial charge is 0.328 e. The molecule has 1 N–H and O–H groups in total. The van der Waals surface area contributed by atoms with Crippen LogP contribution in [0.25, 0.3) is 22.2 Å². The average Bonchev–Trinajstić information content (AvgIpc) is 3.29. The number of benzene rings is 2. The van der Waals surface area contributed by atoms with Crippen molar-refractivity contribution in [2.75, 3.05) is 0 Å². The van der Waals surface area contributed by atoms with Crippen LogP contribution in [0.4, 0.5) is 0 Å². The molecule has 0 aliphatic heterocycles. The highest BCUT2D eigenvalue weighted by Crippen LogP contribution is 2.29. The van der Waals surface area contributed by atoms with Crippen molar-refractivity contribution < 1.29 is 4.79 Å². The molecule has 0 saturated heterocycles. The summed E-state index contributed by atoms with van der Waals surface area (Å²) >= 11 is 1.19. The molecule has 4 rings (SSSR count). The van der Waals surface area contributed by atoms with E-state index in [1.54, 1.807) is 36.6 Å². The van der Waals surface area contributed by atoms with Crippen molar-refractivity contribution in [3.63, 3.8) is 0 Å². The Kier molecular flexibility index (Phi) is 5.50. The minimum Gasteiger partial charge on any atom is -0.307 e. The molecule has 0 aliphatic carbocycles. The molecule has 1 unspecified atom stereocenters. The maximum atomic E-state index is 13.1. The normalized spacial score (nSPS) is 11.6. The molecule has 0 fully saturated rings. The van der Waals surface area contributed by atoms with Gasteiger partial charge in [-0.1, -0.05) is 18.2 Å². The first-order chi connectivity index (χ1) is 15.5. The number of ketones is 1. The van der Waals surface area contributed by atoms with Gasteiger partial charge in [0.2, 0.25) is 0 Å². The SMILES string of the molecule is CCn1c(=O)[nH]c2cc(C(=O)C(C#N)c3nc(-c4ccc(C#N)cc4)cs3)ccc2c1=O. The van der Waals surface area contributed by atoms with Gasteiger partial charge in [0.15, 0.2) is 11.7 Å². The Morgan fingerprint density at radius 1 is 1.19 bits per heavy atom. The number of rotatable bonds is 5. The third-order valence-corrected chi connectivity index (χ3v) is 5.96. The van der Waals surface area contributed by atoms with E-state index in [0.29, 0.717) is 16.3 Å². The molecule has 2 aromatic carbocycles. The van der Waals surface area contributed by atoms with E-state index >= 15 is 0 Å². The van der Waals surface area contributed by atoms with Crippen molar-refractivity contribution in [3.8, 4) is 23.4 Å². The Labute approximate surface area is 185 Å². The fourth-order valence-corrected chi connectivity index (χ4v) is 4.22. The molecule has 2 aromatic heterocycles. The van der Waals surface area contributed by atoms with E-state index in [4.69, 9.17) is 5.26 Å². The van der Waals surface area contributed by atoms with Crippen LogP contribution in [0.15, 0.2) is 57.4 Å². The summed E-state index contributed by atoms with van der Waals surface area (Å²) in [7, 11) is 0. The van der Waals surface area contributed by atoms with Gasteiger partial charge in [0, 0.05) is 23.1 Å². The molecule has 9 heteroatoms. The zero-order valence-electron chi connectivity index (χ0n) is 16.8. The van der Waals surface area contributed by atoms with E-state index in [9.17, 15) is 19.6 Å². The van der Waals surface area contributed by atoms with Crippen LogP contribution in [0.2, 0.25) is 0 Å². The molecule has 0 aliphatic rings. The number of nitrogens with one attached hydrogen (secondary N) is 1. The number of nitriles is 2. The standard InChI is InChI=1S/C23H15N5O3S/c1-2-28-22(30)16-8-7-15(9-18(16)27-23(28)31)20(29)17(11-25)21-26-19(12-32-21)14-5-3-13(10-24)4-6-14/h3-9,12,17H,2H2,1H3,(H,27,31). The number of aromatic amines is 1. The third kappa shape index (κ3) is 3.62. The Morgan fingerprint density at radius 2 is 1.94 bits per heavy atom. The number of fused-ring (bicyclic) bond motifs is 1. The molecule has 156 valence electrons. The first-order valence-electron chi connectivity index (χ1n) is 9.63. The Balaban J connectivity index is 1.69. The number of nitrogens with zero attached hydrogens (tertiary/aromatic N) is 4. The molecule has 4 aromatic rings. The van der Waals surface area contributed by atoms with Crippen molar-refractivity contribution >= 4 is 28.0 Å². The number of hydrogen-bond donors (Lipinski definition) is 1. The zero-order valence-corrected chi connectivity index (χ0v) is 17.6. The average molecular weight is 441 g/mol. The molecule has 8 nitrogen and oxygen atoms in total. The van der Waals surface area contributed by atoms with Crippen LogP contribution in [0.5, 0.6) is 0 Å². The maximum absolute atomic E-state index is 13.1. The molecule has 0 spiro atoms. The number of thiazole rings is 1. The second-order valence-corrected chi connectivity index (χ2v) is 7.82. The lowest BCUT2D eigenvalue weighted by molar-refractivity contribution is 0.0979. The van der Waals surface area contributed by atoms with Crippen LogP contribution in [0.3, 0.4) is 0 Å². The molecule has 32 heavy (non-hydrogen) atoms. The number of carbonyl (C=O) groups excluding carboxylic acids is 1. The van der Waals surface area contributed by atoms with Crippen molar-refractivity contribution in [3.05, 3.63) is 84.8 Å². The summed E-state index contributed by atoms with van der Waals surface area (Å²) in [5.41, 5.74) is 1.34. The number of Topliss-reactive ketones (excluding diaryl/α,β-unsaturated/α-hetero) is 1. The van der Waals surface area contributed by atoms with Crippen LogP contribution in [-0.4, -0.2) is 20.3 Å². The lowest BCUT2D eigenvalue weighted by atomic mass is 9.98. The van der Waals surface area contributed by atoms with Gasteiger partial charge in [0.25, 0.3) is 5.56 Å². The maximum Gasteiger partial charge on any atom is 0.328 e. The second-order valence-electron chi connectivity index (χ2n) is 6.93. The molecular formula is C23H15N5O3S. The van der Waals surface area contributed by atoms with Gasteiger partial charge < -0.3 is 4.98 Å². The monoisotopic (exact) mass is 441 g/mol. The lowest BCUT2D eigenvalue weighted by Crippen LogP contribution is -2.34. The summed E-state index contributed by atoms with van der Waals surface area (Å²) < 4.78 is 1.07. The van der Waals surface area contributed by atoms with Gasteiger partial charge in [-0.25, -0.2) is 9.78 Å². The highest BCUT2D eigenvalue weighted by atomic mass is 32.1. The molecule has 2 heterocycles. The van der Waals surface area contributed by atoms with E-state index in [2.05, 4.69) is 9.97 Å². The van der Waals surface area contributed by atoms with E-state index in [1.165, 1.54) is 29.5 Å². The molecule has 1 atom stereocenters. The Hall–Kier alpha value is -4.34. The summed E-state index contributed by atoms with van der Waals surface area (Å²) in [4.78, 5) is 44.7. The number of carbonyl (C=O) groups is 1. The van der Waals surface area contributed by atoms with E-state index in [1.807, 2.05) is 12.1 Å². The summed E-state index contributed by atoms with van der Waals surface area (Å²) in [6.07, 6.45) is 0. The van der Waals surface area contributed by atoms with E-state index in [0.717, 1.165) is 10.1 Å². The summed E-state index contributed by atoms with van der Waals surface area (Å²) in [6.45, 7) is 1.92.